The third-order valence-electron chi connectivity index (χ3n) is 2.68. The van der Waals surface area contributed by atoms with Crippen LogP contribution >= 0.6 is 24.8 Å². The molecule has 18 heavy (non-hydrogen) atoms. The van der Waals surface area contributed by atoms with Gasteiger partial charge in [0, 0.05) is 18.6 Å². The normalized spacial score (nSPS) is 12.1. The zero-order valence-corrected chi connectivity index (χ0v) is 13.7. The van der Waals surface area contributed by atoms with Gasteiger partial charge in [0.2, 0.25) is 5.91 Å². The topological polar surface area (TPSA) is 58.4 Å². The molecule has 6 heteroatoms. The molecule has 0 aromatic carbocycles. The summed E-state index contributed by atoms with van der Waals surface area (Å²) in [5.41, 5.74) is 5.63. The predicted molar refractivity (Wildman–Crippen MR) is 82.7 cm³/mol. The molecule has 0 radical (unpaired) electrons. The zero-order valence-electron chi connectivity index (χ0n) is 12.1. The molecule has 1 atom stereocenters. The van der Waals surface area contributed by atoms with Crippen molar-refractivity contribution in [3.05, 3.63) is 0 Å². The molecule has 0 saturated carbocycles. The Morgan fingerprint density at radius 1 is 1.22 bits per heavy atom. The Balaban J connectivity index is -0.00000112. The Hall–Kier alpha value is -0.0300. The van der Waals surface area contributed by atoms with Gasteiger partial charge in [0.25, 0.3) is 0 Å². The van der Waals surface area contributed by atoms with E-state index in [1.165, 1.54) is 0 Å². The maximum absolute atomic E-state index is 11.7. The molecule has 1 unspecified atom stereocenters. The van der Waals surface area contributed by atoms with Crippen LogP contribution < -0.4 is 11.1 Å². The summed E-state index contributed by atoms with van der Waals surface area (Å²) in [5, 5.41) is 2.98. The molecule has 0 aliphatic carbocycles. The summed E-state index contributed by atoms with van der Waals surface area (Å²) in [6.45, 7) is 9.36. The van der Waals surface area contributed by atoms with E-state index in [4.69, 9.17) is 5.73 Å². The summed E-state index contributed by atoms with van der Waals surface area (Å²) < 4.78 is 0. The maximum atomic E-state index is 11.7. The van der Waals surface area contributed by atoms with E-state index in [2.05, 4.69) is 33.0 Å². The fourth-order valence-electron chi connectivity index (χ4n) is 1.47. The van der Waals surface area contributed by atoms with Crippen LogP contribution in [0.4, 0.5) is 0 Å². The van der Waals surface area contributed by atoms with E-state index >= 15 is 0 Å². The lowest BCUT2D eigenvalue weighted by Crippen LogP contribution is -2.46. The summed E-state index contributed by atoms with van der Waals surface area (Å²) in [7, 11) is 1.95. The number of likely N-dealkylation sites (N-methyl/N-ethyl adjacent to an activating group) is 1. The highest BCUT2D eigenvalue weighted by Crippen LogP contribution is 2.03. The second-order valence-corrected chi connectivity index (χ2v) is 5.14. The molecule has 1 amide bonds. The minimum atomic E-state index is 0. The van der Waals surface area contributed by atoms with Crippen molar-refractivity contribution in [1.82, 2.24) is 10.2 Å². The van der Waals surface area contributed by atoms with E-state index in [1.54, 1.807) is 0 Å². The molecule has 0 aliphatic rings. The molecule has 0 spiro atoms. The van der Waals surface area contributed by atoms with Crippen LogP contribution in [0.2, 0.25) is 0 Å². The molecule has 0 aliphatic heterocycles. The van der Waals surface area contributed by atoms with Crippen LogP contribution in [0.3, 0.4) is 0 Å². The van der Waals surface area contributed by atoms with Gasteiger partial charge in [-0.1, -0.05) is 13.8 Å². The molecular weight excluding hydrogens is 273 g/mol. The van der Waals surface area contributed by atoms with Crippen molar-refractivity contribution in [3.8, 4) is 0 Å². The van der Waals surface area contributed by atoms with Crippen LogP contribution in [-0.4, -0.2) is 43.0 Å². The zero-order chi connectivity index (χ0) is 12.7. The highest BCUT2D eigenvalue weighted by Gasteiger charge is 2.14. The smallest absolute Gasteiger partial charge is 0.234 e. The van der Waals surface area contributed by atoms with Crippen molar-refractivity contribution in [3.63, 3.8) is 0 Å². The third kappa shape index (κ3) is 11.1. The molecule has 0 saturated heterocycles. The molecular formula is C12H29Cl2N3O. The van der Waals surface area contributed by atoms with Crippen LogP contribution in [0.1, 0.15) is 34.1 Å². The van der Waals surface area contributed by atoms with Crippen LogP contribution in [0.15, 0.2) is 0 Å². The van der Waals surface area contributed by atoms with Gasteiger partial charge in [-0.25, -0.2) is 0 Å². The van der Waals surface area contributed by atoms with Gasteiger partial charge in [0.15, 0.2) is 0 Å². The van der Waals surface area contributed by atoms with Crippen molar-refractivity contribution in [2.75, 3.05) is 20.1 Å². The highest BCUT2D eigenvalue weighted by molar-refractivity contribution is 5.85. The average molecular weight is 302 g/mol. The number of hydrogen-bond donors (Lipinski definition) is 2. The van der Waals surface area contributed by atoms with Gasteiger partial charge in [-0.2, -0.15) is 0 Å². The summed E-state index contributed by atoms with van der Waals surface area (Å²) in [6, 6.07) is 0.486. The summed E-state index contributed by atoms with van der Waals surface area (Å²) in [4.78, 5) is 13.7. The molecule has 0 heterocycles. The van der Waals surface area contributed by atoms with E-state index in [1.807, 2.05) is 11.9 Å². The van der Waals surface area contributed by atoms with Gasteiger partial charge in [-0.15, -0.1) is 24.8 Å². The van der Waals surface area contributed by atoms with Gasteiger partial charge >= 0.3 is 0 Å². The molecule has 112 valence electrons. The van der Waals surface area contributed by atoms with E-state index in [0.29, 0.717) is 25.0 Å². The Labute approximate surface area is 124 Å². The molecule has 3 N–H and O–H groups in total. The number of amides is 1. The number of rotatable bonds is 7. The van der Waals surface area contributed by atoms with Crippen LogP contribution in [0.5, 0.6) is 0 Å². The van der Waals surface area contributed by atoms with E-state index < -0.39 is 0 Å². The van der Waals surface area contributed by atoms with Gasteiger partial charge in [-0.05, 0) is 33.2 Å². The van der Waals surface area contributed by atoms with Crippen molar-refractivity contribution in [2.45, 2.75) is 46.2 Å². The summed E-state index contributed by atoms with van der Waals surface area (Å²) in [6.07, 6.45) is 0.938. The van der Waals surface area contributed by atoms with Crippen LogP contribution in [0, 0.1) is 5.92 Å². The van der Waals surface area contributed by atoms with Crippen molar-refractivity contribution >= 4 is 30.7 Å². The van der Waals surface area contributed by atoms with Crippen molar-refractivity contribution < 1.29 is 4.79 Å². The minimum absolute atomic E-state index is 0. The van der Waals surface area contributed by atoms with E-state index in [9.17, 15) is 4.79 Å². The lowest BCUT2D eigenvalue weighted by molar-refractivity contribution is -0.123. The van der Waals surface area contributed by atoms with Gasteiger partial charge < -0.3 is 11.1 Å². The third-order valence-corrected chi connectivity index (χ3v) is 2.68. The molecule has 0 rings (SSSR count). The molecule has 0 fully saturated rings. The summed E-state index contributed by atoms with van der Waals surface area (Å²) in [5.74, 6) is 0.615. The number of halogens is 2. The number of nitrogens with two attached hydrogens (primary N) is 1. The first kappa shape index (κ1) is 23.1. The standard InChI is InChI=1S/C12H27N3O.2ClH/c1-9(2)6-11(7-13)14-12(16)8-15(5)10(3)4;;/h9-11H,6-8,13H2,1-5H3,(H,14,16);2*1H. The fraction of sp³-hybridized carbons (Fsp3) is 0.917. The second-order valence-electron chi connectivity index (χ2n) is 5.14. The number of carbonyl (C=O) groups excluding carboxylic acids is 1. The van der Waals surface area contributed by atoms with E-state index in [0.717, 1.165) is 6.42 Å². The minimum Gasteiger partial charge on any atom is -0.351 e. The number of nitrogens with one attached hydrogen (secondary N) is 1. The first-order valence-electron chi connectivity index (χ1n) is 6.06. The quantitative estimate of drug-likeness (QED) is 0.752. The first-order valence-corrected chi connectivity index (χ1v) is 6.06. The van der Waals surface area contributed by atoms with Gasteiger partial charge in [0.05, 0.1) is 6.54 Å². The number of carbonyl (C=O) groups is 1. The molecule has 0 aromatic rings. The Bertz CT molecular complexity index is 213. The maximum Gasteiger partial charge on any atom is 0.234 e. The van der Waals surface area contributed by atoms with E-state index in [-0.39, 0.29) is 36.8 Å². The molecule has 0 aromatic heterocycles. The Morgan fingerprint density at radius 3 is 2.06 bits per heavy atom. The number of nitrogens with zero attached hydrogens (tertiary/aromatic N) is 1. The highest BCUT2D eigenvalue weighted by atomic mass is 35.5. The SMILES string of the molecule is CC(C)CC(CN)NC(=O)CN(C)C(C)C.Cl.Cl. The van der Waals surface area contributed by atoms with Gasteiger partial charge in [0.1, 0.15) is 0 Å². The largest absolute Gasteiger partial charge is 0.351 e. The monoisotopic (exact) mass is 301 g/mol. The molecule has 4 nitrogen and oxygen atoms in total. The van der Waals surface area contributed by atoms with Gasteiger partial charge in [-0.3, -0.25) is 9.69 Å². The molecule has 0 bridgehead atoms. The van der Waals surface area contributed by atoms with Crippen molar-refractivity contribution in [1.29, 1.82) is 0 Å². The second kappa shape index (κ2) is 12.0. The average Bonchev–Trinajstić information content (AvgIpc) is 2.15. The Morgan fingerprint density at radius 2 is 1.72 bits per heavy atom. The Kier molecular flexibility index (Phi) is 15.4. The van der Waals surface area contributed by atoms with Crippen LogP contribution in [-0.2, 0) is 4.79 Å². The lowest BCUT2D eigenvalue weighted by atomic mass is 10.0. The predicted octanol–water partition coefficient (Wildman–Crippen LogP) is 1.66. The van der Waals surface area contributed by atoms with Crippen LogP contribution in [0.25, 0.3) is 0 Å². The number of hydrogen-bond acceptors (Lipinski definition) is 3. The fourth-order valence-corrected chi connectivity index (χ4v) is 1.47. The first-order chi connectivity index (χ1) is 7.36. The lowest BCUT2D eigenvalue weighted by Gasteiger charge is -2.23. The summed E-state index contributed by atoms with van der Waals surface area (Å²) >= 11 is 0. The van der Waals surface area contributed by atoms with Crippen molar-refractivity contribution in [2.24, 2.45) is 11.7 Å².